The van der Waals surface area contributed by atoms with Gasteiger partial charge in [-0.1, -0.05) is 11.6 Å². The monoisotopic (exact) mass is 431 g/mol. The second-order valence-electron chi connectivity index (χ2n) is 6.53. The molecule has 3 N–H and O–H groups in total. The molecule has 1 saturated heterocycles. The van der Waals surface area contributed by atoms with Crippen LogP contribution in [0.1, 0.15) is 17.7 Å². The predicted octanol–water partition coefficient (Wildman–Crippen LogP) is 4.46. The van der Waals surface area contributed by atoms with Gasteiger partial charge in [-0.15, -0.1) is 0 Å². The Balaban J connectivity index is 1.71. The Morgan fingerprint density at radius 2 is 2.10 bits per heavy atom. The molecule has 0 bridgehead atoms. The lowest BCUT2D eigenvalue weighted by Crippen LogP contribution is -2.44. The highest BCUT2D eigenvalue weighted by atomic mass is 35.5. The van der Waals surface area contributed by atoms with Crippen LogP contribution in [0.4, 0.5) is 28.9 Å². The lowest BCUT2D eigenvalue weighted by molar-refractivity contribution is -0.137. The molecule has 1 amide bonds. The zero-order valence-electron chi connectivity index (χ0n) is 14.9. The first-order chi connectivity index (χ1) is 13.6. The number of ether oxygens (including phenoxy) is 1. The standard InChI is InChI=1S/C18H16ClF4N4O2/c19-10-1-2-14(12(5-10)18(21,22)23)27-11-6-13(20)15(25-7-11)8-26-16(28)17(24)3-4-29-9-17/h1-2,5-7,24,27H,3-4,8-9H2,(H,26,28)/q-1. The first-order valence-corrected chi connectivity index (χ1v) is 8.85. The average Bonchev–Trinajstić information content (AvgIpc) is 3.09. The number of halogens is 5. The van der Waals surface area contributed by atoms with Crippen LogP contribution in [0, 0.1) is 5.82 Å². The van der Waals surface area contributed by atoms with Gasteiger partial charge in [-0.3, -0.25) is 9.78 Å². The number of anilines is 2. The van der Waals surface area contributed by atoms with Crippen molar-refractivity contribution < 1.29 is 27.1 Å². The molecule has 29 heavy (non-hydrogen) atoms. The Morgan fingerprint density at radius 3 is 2.72 bits per heavy atom. The second kappa shape index (κ2) is 8.13. The van der Waals surface area contributed by atoms with Gasteiger partial charge in [0.25, 0.3) is 0 Å². The number of rotatable bonds is 5. The number of carbonyl (C=O) groups excluding carboxylic acids is 1. The summed E-state index contributed by atoms with van der Waals surface area (Å²) in [7, 11) is 0. The van der Waals surface area contributed by atoms with Crippen molar-refractivity contribution in [2.75, 3.05) is 18.5 Å². The van der Waals surface area contributed by atoms with E-state index in [2.05, 4.69) is 15.6 Å². The normalized spacial score (nSPS) is 19.2. The van der Waals surface area contributed by atoms with Crippen LogP contribution in [0.3, 0.4) is 0 Å². The molecule has 6 nitrogen and oxygen atoms in total. The van der Waals surface area contributed by atoms with Gasteiger partial charge in [0.1, 0.15) is 5.82 Å². The summed E-state index contributed by atoms with van der Waals surface area (Å²) in [4.78, 5) is 15.9. The van der Waals surface area contributed by atoms with Crippen molar-refractivity contribution in [1.29, 1.82) is 0 Å². The van der Waals surface area contributed by atoms with Gasteiger partial charge in [-0.2, -0.15) is 13.2 Å². The van der Waals surface area contributed by atoms with Gasteiger partial charge in [0.2, 0.25) is 5.91 Å². The Morgan fingerprint density at radius 1 is 1.34 bits per heavy atom. The number of nitrogens with one attached hydrogen (secondary N) is 3. The molecule has 3 rings (SSSR count). The third kappa shape index (κ3) is 4.95. The molecule has 1 unspecified atom stereocenters. The lowest BCUT2D eigenvalue weighted by Gasteiger charge is -2.30. The Hall–Kier alpha value is -2.43. The van der Waals surface area contributed by atoms with Gasteiger partial charge < -0.3 is 21.1 Å². The van der Waals surface area contributed by atoms with Crippen molar-refractivity contribution in [3.05, 3.63) is 58.3 Å². The zero-order chi connectivity index (χ0) is 21.2. The maximum Gasteiger partial charge on any atom is 0.418 e. The number of aromatic nitrogens is 1. The second-order valence-corrected chi connectivity index (χ2v) is 6.97. The molecule has 1 aliphatic heterocycles. The van der Waals surface area contributed by atoms with E-state index in [4.69, 9.17) is 22.1 Å². The Kier molecular flexibility index (Phi) is 5.97. The third-order valence-electron chi connectivity index (χ3n) is 4.36. The van der Waals surface area contributed by atoms with Crippen molar-refractivity contribution in [3.8, 4) is 0 Å². The molecule has 1 aromatic heterocycles. The molecule has 1 aliphatic rings. The average molecular weight is 432 g/mol. The minimum Gasteiger partial charge on any atom is -0.662 e. The first-order valence-electron chi connectivity index (χ1n) is 8.48. The molecule has 1 fully saturated rings. The van der Waals surface area contributed by atoms with E-state index in [1.165, 1.54) is 6.07 Å². The largest absolute Gasteiger partial charge is 0.662 e. The number of pyridine rings is 1. The van der Waals surface area contributed by atoms with Gasteiger partial charge in [-0.05, 0) is 30.2 Å². The number of carbonyl (C=O) groups is 1. The molecule has 2 heterocycles. The van der Waals surface area contributed by atoms with Crippen LogP contribution in [-0.2, 0) is 22.3 Å². The van der Waals surface area contributed by atoms with Crippen LogP contribution in [0.5, 0.6) is 0 Å². The summed E-state index contributed by atoms with van der Waals surface area (Å²) in [5, 5.41) is 4.82. The van der Waals surface area contributed by atoms with Crippen molar-refractivity contribution in [1.82, 2.24) is 10.3 Å². The van der Waals surface area contributed by atoms with Crippen LogP contribution in [0.25, 0.3) is 5.73 Å². The highest BCUT2D eigenvalue weighted by Gasteiger charge is 2.34. The quantitative estimate of drug-likeness (QED) is 0.684. The van der Waals surface area contributed by atoms with E-state index < -0.39 is 29.0 Å². The van der Waals surface area contributed by atoms with Crippen LogP contribution in [-0.4, -0.2) is 29.6 Å². The van der Waals surface area contributed by atoms with Gasteiger partial charge in [0, 0.05) is 24.3 Å². The van der Waals surface area contributed by atoms with Gasteiger partial charge in [0.05, 0.1) is 35.4 Å². The molecule has 2 aromatic rings. The van der Waals surface area contributed by atoms with Crippen molar-refractivity contribution in [2.24, 2.45) is 0 Å². The molecule has 0 aliphatic carbocycles. The van der Waals surface area contributed by atoms with Crippen LogP contribution < -0.4 is 10.6 Å². The number of amides is 1. The third-order valence-corrected chi connectivity index (χ3v) is 4.59. The zero-order valence-corrected chi connectivity index (χ0v) is 15.6. The van der Waals surface area contributed by atoms with E-state index in [0.29, 0.717) is 6.61 Å². The number of hydrogen-bond acceptors (Lipinski definition) is 4. The predicted molar refractivity (Wildman–Crippen MR) is 98.3 cm³/mol. The molecule has 1 aromatic carbocycles. The molecular weight excluding hydrogens is 416 g/mol. The number of nitrogens with zero attached hydrogens (tertiary/aromatic N) is 1. The number of benzene rings is 1. The molecule has 0 saturated carbocycles. The lowest BCUT2D eigenvalue weighted by atomic mass is 9.99. The molecule has 0 radical (unpaired) electrons. The summed E-state index contributed by atoms with van der Waals surface area (Å²) < 4.78 is 58.8. The van der Waals surface area contributed by atoms with E-state index in [1.807, 2.05) is 0 Å². The number of hydrogen-bond donors (Lipinski definition) is 2. The fourth-order valence-corrected chi connectivity index (χ4v) is 2.93. The fourth-order valence-electron chi connectivity index (χ4n) is 2.76. The summed E-state index contributed by atoms with van der Waals surface area (Å²) in [5.41, 5.74) is 5.15. The van der Waals surface area contributed by atoms with Crippen molar-refractivity contribution in [3.63, 3.8) is 0 Å². The van der Waals surface area contributed by atoms with Gasteiger partial charge >= 0.3 is 6.18 Å². The smallest absolute Gasteiger partial charge is 0.418 e. The van der Waals surface area contributed by atoms with Crippen molar-refractivity contribution >= 4 is 28.9 Å². The maximum atomic E-state index is 14.3. The SMILES string of the molecule is [NH-]C1(C(=O)NCc2ncc(Nc3ccc(Cl)cc3C(F)(F)F)cc2F)CCOC1. The molecule has 11 heteroatoms. The van der Waals surface area contributed by atoms with E-state index in [-0.39, 0.29) is 41.7 Å². The van der Waals surface area contributed by atoms with Crippen LogP contribution >= 0.6 is 11.6 Å². The minimum absolute atomic E-state index is 0.00782. The van der Waals surface area contributed by atoms with E-state index in [0.717, 1.165) is 24.4 Å². The van der Waals surface area contributed by atoms with Crippen LogP contribution in [0.2, 0.25) is 5.02 Å². The molecular formula is C18H16ClF4N4O2-. The highest BCUT2D eigenvalue weighted by molar-refractivity contribution is 6.30. The summed E-state index contributed by atoms with van der Waals surface area (Å²) in [6.07, 6.45) is -3.27. The van der Waals surface area contributed by atoms with Crippen molar-refractivity contribution in [2.45, 2.75) is 24.7 Å². The summed E-state index contributed by atoms with van der Waals surface area (Å²) >= 11 is 5.63. The van der Waals surface area contributed by atoms with E-state index >= 15 is 0 Å². The number of alkyl halides is 3. The van der Waals surface area contributed by atoms with E-state index in [9.17, 15) is 22.4 Å². The minimum atomic E-state index is -4.65. The molecule has 156 valence electrons. The Labute approximate surface area is 168 Å². The summed E-state index contributed by atoms with van der Waals surface area (Å²) in [5.74, 6) is -1.42. The molecule has 1 atom stereocenters. The topological polar surface area (TPSA) is 87.1 Å². The Bertz CT molecular complexity index is 917. The summed E-state index contributed by atoms with van der Waals surface area (Å²) in [6, 6.07) is 4.14. The van der Waals surface area contributed by atoms with Crippen LogP contribution in [0.15, 0.2) is 30.5 Å². The van der Waals surface area contributed by atoms with Gasteiger partial charge in [0.15, 0.2) is 0 Å². The highest BCUT2D eigenvalue weighted by Crippen LogP contribution is 2.37. The summed E-state index contributed by atoms with van der Waals surface area (Å²) in [6.45, 7) is -0.00490. The van der Waals surface area contributed by atoms with Gasteiger partial charge in [-0.25, -0.2) is 4.39 Å². The maximum absolute atomic E-state index is 14.3. The van der Waals surface area contributed by atoms with E-state index in [1.54, 1.807) is 0 Å². The fraction of sp³-hybridized carbons (Fsp3) is 0.333. The molecule has 0 spiro atoms. The first kappa shape index (κ1) is 21.3.